The largest absolute Gasteiger partial charge is 0.508 e. The van der Waals surface area contributed by atoms with Crippen LogP contribution in [0.5, 0.6) is 5.75 Å². The first-order valence-electron chi connectivity index (χ1n) is 10.1. The maximum absolute atomic E-state index is 13.5. The average molecular weight is 351 g/mol. The number of likely N-dealkylation sites (tertiary alicyclic amines) is 1. The van der Waals surface area contributed by atoms with Gasteiger partial charge in [0.25, 0.3) is 0 Å². The summed E-state index contributed by atoms with van der Waals surface area (Å²) in [4.78, 5) is 15.7. The van der Waals surface area contributed by atoms with Crippen molar-refractivity contribution in [1.29, 1.82) is 0 Å². The summed E-state index contributed by atoms with van der Waals surface area (Å²) in [6.07, 6.45) is 8.52. The Balaban J connectivity index is 1.54. The number of amides is 1. The molecule has 1 N–H and O–H groups in total. The first-order chi connectivity index (χ1) is 12.3. The fraction of sp³-hybridized carbons (Fsp3) is 0.609. The van der Waals surface area contributed by atoms with Gasteiger partial charge in [-0.05, 0) is 60.1 Å². The molecule has 1 aromatic carbocycles. The van der Waals surface area contributed by atoms with Crippen molar-refractivity contribution in [3.63, 3.8) is 0 Å². The molecule has 1 heterocycles. The van der Waals surface area contributed by atoms with E-state index in [-0.39, 0.29) is 22.8 Å². The van der Waals surface area contributed by atoms with Gasteiger partial charge in [0.15, 0.2) is 0 Å². The molecule has 0 aromatic heterocycles. The first-order valence-corrected chi connectivity index (χ1v) is 10.1. The van der Waals surface area contributed by atoms with Crippen molar-refractivity contribution in [3.05, 3.63) is 41.5 Å². The Morgan fingerprint density at radius 2 is 2.00 bits per heavy atom. The van der Waals surface area contributed by atoms with E-state index in [4.69, 9.17) is 0 Å². The van der Waals surface area contributed by atoms with Gasteiger partial charge in [-0.2, -0.15) is 0 Å². The lowest BCUT2D eigenvalue weighted by molar-refractivity contribution is -0.149. The Morgan fingerprint density at radius 1 is 1.19 bits per heavy atom. The van der Waals surface area contributed by atoms with E-state index in [2.05, 4.69) is 43.9 Å². The van der Waals surface area contributed by atoms with Crippen LogP contribution >= 0.6 is 0 Å². The highest BCUT2D eigenvalue weighted by atomic mass is 16.3. The summed E-state index contributed by atoms with van der Waals surface area (Å²) in [7, 11) is 0. The average Bonchev–Trinajstić information content (AvgIpc) is 3.21. The molecule has 4 aliphatic rings. The van der Waals surface area contributed by atoms with Gasteiger partial charge in [-0.1, -0.05) is 45.1 Å². The lowest BCUT2D eigenvalue weighted by Crippen LogP contribution is -2.65. The normalized spacial score (nSPS) is 39.1. The van der Waals surface area contributed by atoms with Gasteiger partial charge in [-0.15, -0.1) is 0 Å². The van der Waals surface area contributed by atoms with Gasteiger partial charge < -0.3 is 10.0 Å². The van der Waals surface area contributed by atoms with Crippen LogP contribution in [-0.2, 0) is 16.6 Å². The Hall–Kier alpha value is -1.77. The first kappa shape index (κ1) is 16.4. The maximum atomic E-state index is 13.5. The van der Waals surface area contributed by atoms with E-state index in [1.165, 1.54) is 12.0 Å². The smallest absolute Gasteiger partial charge is 0.226 e. The second-order valence-electron chi connectivity index (χ2n) is 9.75. The van der Waals surface area contributed by atoms with Gasteiger partial charge in [-0.3, -0.25) is 4.79 Å². The number of carbonyl (C=O) groups excluding carboxylic acids is 1. The number of aromatic hydroxyl groups is 1. The number of phenols is 1. The van der Waals surface area contributed by atoms with E-state index in [0.29, 0.717) is 23.5 Å². The molecule has 3 heteroatoms. The third-order valence-corrected chi connectivity index (χ3v) is 8.51. The fourth-order valence-corrected chi connectivity index (χ4v) is 6.47. The van der Waals surface area contributed by atoms with Crippen LogP contribution in [0, 0.1) is 23.2 Å². The summed E-state index contributed by atoms with van der Waals surface area (Å²) in [5.74, 6) is 2.00. The molecule has 5 rings (SSSR count). The zero-order chi connectivity index (χ0) is 18.3. The Morgan fingerprint density at radius 3 is 2.69 bits per heavy atom. The third-order valence-electron chi connectivity index (χ3n) is 8.51. The summed E-state index contributed by atoms with van der Waals surface area (Å²) in [5.41, 5.74) is 2.34. The molecule has 1 aliphatic heterocycles. The SMILES string of the molecule is CC1(C)[C@H]2Cc3c(O)cccc3[C@]1(C)CCN2C(=O)[C@H]1C[C@@H]2C=C[C@H]1C2. The molecule has 0 spiro atoms. The molecule has 1 saturated carbocycles. The molecule has 4 bridgehead atoms. The zero-order valence-corrected chi connectivity index (χ0v) is 16.0. The van der Waals surface area contributed by atoms with Gasteiger partial charge in [0.1, 0.15) is 5.75 Å². The van der Waals surface area contributed by atoms with Crippen LogP contribution in [0.4, 0.5) is 0 Å². The second kappa shape index (κ2) is 5.15. The molecule has 0 unspecified atom stereocenters. The number of hydrogen-bond acceptors (Lipinski definition) is 2. The van der Waals surface area contributed by atoms with Crippen molar-refractivity contribution in [2.45, 2.75) is 57.9 Å². The lowest BCUT2D eigenvalue weighted by Gasteiger charge is -2.61. The molecule has 5 atom stereocenters. The van der Waals surface area contributed by atoms with Gasteiger partial charge in [0, 0.05) is 23.9 Å². The standard InChI is InChI=1S/C23H29NO2/c1-22(2)20-13-17-18(5-4-6-19(17)25)23(22,3)9-10-24(20)21(26)16-12-14-7-8-15(16)11-14/h4-8,14-16,20,25H,9-13H2,1-3H3/t14-,15+,16+,20-,23+/m1/s1. The topological polar surface area (TPSA) is 40.5 Å². The van der Waals surface area contributed by atoms with Gasteiger partial charge in [0.2, 0.25) is 5.91 Å². The lowest BCUT2D eigenvalue weighted by atomic mass is 9.51. The van der Waals surface area contributed by atoms with Gasteiger partial charge in [-0.25, -0.2) is 0 Å². The molecular formula is C23H29NO2. The predicted octanol–water partition coefficient (Wildman–Crippen LogP) is 4.05. The van der Waals surface area contributed by atoms with Crippen LogP contribution in [0.3, 0.4) is 0 Å². The monoisotopic (exact) mass is 351 g/mol. The summed E-state index contributed by atoms with van der Waals surface area (Å²) < 4.78 is 0. The summed E-state index contributed by atoms with van der Waals surface area (Å²) in [6.45, 7) is 7.82. The number of carbonyl (C=O) groups is 1. The van der Waals surface area contributed by atoms with Crippen molar-refractivity contribution in [1.82, 2.24) is 4.90 Å². The summed E-state index contributed by atoms with van der Waals surface area (Å²) >= 11 is 0. The van der Waals surface area contributed by atoms with Crippen molar-refractivity contribution in [2.75, 3.05) is 6.54 Å². The molecule has 1 amide bonds. The Labute approximate surface area is 156 Å². The number of hydrogen-bond donors (Lipinski definition) is 1. The number of phenolic OH excluding ortho intramolecular Hbond substituents is 1. The molecule has 3 nitrogen and oxygen atoms in total. The number of nitrogens with zero attached hydrogens (tertiary/aromatic N) is 1. The van der Waals surface area contributed by atoms with Gasteiger partial charge in [0.05, 0.1) is 0 Å². The quantitative estimate of drug-likeness (QED) is 0.776. The number of piperidine rings is 1. The fourth-order valence-electron chi connectivity index (χ4n) is 6.47. The number of rotatable bonds is 1. The second-order valence-corrected chi connectivity index (χ2v) is 9.75. The van der Waals surface area contributed by atoms with Crippen LogP contribution in [-0.4, -0.2) is 28.5 Å². The summed E-state index contributed by atoms with van der Waals surface area (Å²) in [6, 6.07) is 6.11. The minimum Gasteiger partial charge on any atom is -0.508 e. The van der Waals surface area contributed by atoms with Crippen LogP contribution in [0.2, 0.25) is 0 Å². The molecule has 3 aliphatic carbocycles. The van der Waals surface area contributed by atoms with E-state index >= 15 is 0 Å². The van der Waals surface area contributed by atoms with Crippen LogP contribution < -0.4 is 0 Å². The van der Waals surface area contributed by atoms with Crippen molar-refractivity contribution in [2.24, 2.45) is 23.2 Å². The molecule has 26 heavy (non-hydrogen) atoms. The molecule has 2 fully saturated rings. The van der Waals surface area contributed by atoms with Crippen molar-refractivity contribution in [3.8, 4) is 5.75 Å². The highest BCUT2D eigenvalue weighted by Gasteiger charge is 2.58. The van der Waals surface area contributed by atoms with Crippen LogP contribution in [0.1, 0.15) is 51.2 Å². The number of benzene rings is 1. The van der Waals surface area contributed by atoms with E-state index in [9.17, 15) is 9.90 Å². The minimum absolute atomic E-state index is 0.00461. The zero-order valence-electron chi connectivity index (χ0n) is 16.0. The van der Waals surface area contributed by atoms with E-state index in [1.807, 2.05) is 6.07 Å². The molecule has 0 radical (unpaired) electrons. The maximum Gasteiger partial charge on any atom is 0.226 e. The Kier molecular flexibility index (Phi) is 3.25. The predicted molar refractivity (Wildman–Crippen MR) is 102 cm³/mol. The summed E-state index contributed by atoms with van der Waals surface area (Å²) in [5, 5.41) is 10.5. The third kappa shape index (κ3) is 1.92. The van der Waals surface area contributed by atoms with Crippen LogP contribution in [0.25, 0.3) is 0 Å². The van der Waals surface area contributed by atoms with Crippen LogP contribution in [0.15, 0.2) is 30.4 Å². The van der Waals surface area contributed by atoms with E-state index < -0.39 is 0 Å². The molecule has 1 saturated heterocycles. The van der Waals surface area contributed by atoms with E-state index in [1.54, 1.807) is 6.07 Å². The highest BCUT2D eigenvalue weighted by molar-refractivity contribution is 5.81. The van der Waals surface area contributed by atoms with Crippen molar-refractivity contribution < 1.29 is 9.90 Å². The van der Waals surface area contributed by atoms with Gasteiger partial charge >= 0.3 is 0 Å². The highest BCUT2D eigenvalue weighted by Crippen LogP contribution is 2.57. The molecule has 1 aromatic rings. The number of allylic oxidation sites excluding steroid dienone is 2. The molecule has 138 valence electrons. The minimum atomic E-state index is -0.00480. The molecular weight excluding hydrogens is 322 g/mol. The number of fused-ring (bicyclic) bond motifs is 6. The Bertz CT molecular complexity index is 810. The van der Waals surface area contributed by atoms with E-state index in [0.717, 1.165) is 31.4 Å². The van der Waals surface area contributed by atoms with Crippen molar-refractivity contribution >= 4 is 5.91 Å².